The van der Waals surface area contributed by atoms with Gasteiger partial charge in [-0.2, -0.15) is 0 Å². The lowest BCUT2D eigenvalue weighted by molar-refractivity contribution is -0.161. The zero-order valence-electron chi connectivity index (χ0n) is 52.3. The van der Waals surface area contributed by atoms with Crippen LogP contribution in [0.3, 0.4) is 0 Å². The zero-order valence-corrected chi connectivity index (χ0v) is 53.2. The van der Waals surface area contributed by atoms with Crippen LogP contribution in [-0.4, -0.2) is 66.5 Å². The molecule has 0 saturated heterocycles. The number of hydrogen-bond acceptors (Lipinski definition) is 10. The van der Waals surface area contributed by atoms with Gasteiger partial charge in [-0.05, 0) is 57.8 Å². The van der Waals surface area contributed by atoms with Crippen molar-refractivity contribution in [1.82, 2.24) is 0 Å². The van der Waals surface area contributed by atoms with E-state index in [1.807, 2.05) is 0 Å². The Morgan fingerprint density at radius 3 is 0.963 bits per heavy atom. The minimum Gasteiger partial charge on any atom is -0.462 e. The molecule has 0 bridgehead atoms. The molecule has 11 nitrogen and oxygen atoms in total. The monoisotopic (exact) mass is 1150 g/mol. The van der Waals surface area contributed by atoms with E-state index in [-0.39, 0.29) is 25.9 Å². The first-order valence-electron chi connectivity index (χ1n) is 33.9. The van der Waals surface area contributed by atoms with Gasteiger partial charge in [-0.3, -0.25) is 23.4 Å². The van der Waals surface area contributed by atoms with Gasteiger partial charge in [-0.15, -0.1) is 0 Å². The topological polar surface area (TPSA) is 155 Å². The first kappa shape index (κ1) is 77.7. The quantitative estimate of drug-likeness (QED) is 0.0197. The largest absolute Gasteiger partial charge is 0.472 e. The maximum atomic E-state index is 13.0. The molecule has 0 aromatic heterocycles. The number of unbranched alkanes of at least 4 members (excludes halogenated alkanes) is 41. The molecule has 0 radical (unpaired) electrons. The highest BCUT2D eigenvalue weighted by atomic mass is 31.2. The lowest BCUT2D eigenvalue weighted by Crippen LogP contribution is -2.30. The van der Waals surface area contributed by atoms with Crippen LogP contribution in [-0.2, 0) is 42.2 Å². The second kappa shape index (κ2) is 62.7. The fourth-order valence-electron chi connectivity index (χ4n) is 9.90. The van der Waals surface area contributed by atoms with Crippen molar-refractivity contribution in [2.75, 3.05) is 26.4 Å². The number of aliphatic hydroxyl groups excluding tert-OH is 1. The molecular weight excluding hydrogens is 1020 g/mol. The third kappa shape index (κ3) is 60.3. The Kier molecular flexibility index (Phi) is 60.9. The number of allylic oxidation sites excluding steroid dienone is 6. The molecule has 2 N–H and O–H groups in total. The SMILES string of the molecule is CCCCC/C=C\C/C=C\C/C=C\CCCCCCCCC(=O)OC(COC(=O)CCCCCCCCCCCCCCCCCCCCC)COP(=O)(O)OCC(CO)OC(=O)CCCCCCCCCCCCCCCCC. The molecule has 0 heterocycles. The molecule has 0 aliphatic rings. The van der Waals surface area contributed by atoms with Crippen LogP contribution in [0.25, 0.3) is 0 Å². The number of aliphatic hydroxyl groups is 1. The fraction of sp³-hybridized carbons (Fsp3) is 0.868. The predicted octanol–water partition coefficient (Wildman–Crippen LogP) is 20.7. The molecular formula is C68H127O11P. The van der Waals surface area contributed by atoms with E-state index >= 15 is 0 Å². The number of phosphoric ester groups is 1. The summed E-state index contributed by atoms with van der Waals surface area (Å²) >= 11 is 0. The molecule has 0 aromatic carbocycles. The second-order valence-corrected chi connectivity index (χ2v) is 24.5. The van der Waals surface area contributed by atoms with Crippen molar-refractivity contribution < 1.29 is 52.2 Å². The molecule has 0 aliphatic heterocycles. The van der Waals surface area contributed by atoms with Crippen LogP contribution in [0.15, 0.2) is 36.5 Å². The van der Waals surface area contributed by atoms with Crippen molar-refractivity contribution in [3.63, 3.8) is 0 Å². The molecule has 3 atom stereocenters. The number of hydrogen-bond donors (Lipinski definition) is 2. The molecule has 0 amide bonds. The van der Waals surface area contributed by atoms with E-state index < -0.39 is 57.8 Å². The Hall–Kier alpha value is -2.30. The number of carbonyl (C=O) groups excluding carboxylic acids is 3. The van der Waals surface area contributed by atoms with E-state index in [0.29, 0.717) is 19.3 Å². The van der Waals surface area contributed by atoms with Gasteiger partial charge in [0.2, 0.25) is 0 Å². The Bertz CT molecular complexity index is 1480. The van der Waals surface area contributed by atoms with Crippen molar-refractivity contribution in [1.29, 1.82) is 0 Å². The highest BCUT2D eigenvalue weighted by Gasteiger charge is 2.28. The van der Waals surface area contributed by atoms with Crippen LogP contribution in [0.4, 0.5) is 0 Å². The zero-order chi connectivity index (χ0) is 58.3. The van der Waals surface area contributed by atoms with Gasteiger partial charge in [-0.1, -0.05) is 301 Å². The summed E-state index contributed by atoms with van der Waals surface area (Å²) < 4.78 is 39.8. The summed E-state index contributed by atoms with van der Waals surface area (Å²) in [5, 5.41) is 9.86. The number of esters is 3. The Morgan fingerprint density at radius 1 is 0.350 bits per heavy atom. The maximum Gasteiger partial charge on any atom is 0.472 e. The molecule has 80 heavy (non-hydrogen) atoms. The highest BCUT2D eigenvalue weighted by molar-refractivity contribution is 7.47. The number of rotatable bonds is 64. The lowest BCUT2D eigenvalue weighted by atomic mass is 10.0. The smallest absolute Gasteiger partial charge is 0.462 e. The molecule has 0 rings (SSSR count). The van der Waals surface area contributed by atoms with Gasteiger partial charge in [-0.25, -0.2) is 4.57 Å². The lowest BCUT2D eigenvalue weighted by Gasteiger charge is -2.21. The van der Waals surface area contributed by atoms with Crippen molar-refractivity contribution >= 4 is 25.7 Å². The van der Waals surface area contributed by atoms with Crippen LogP contribution < -0.4 is 0 Å². The average molecular weight is 1150 g/mol. The highest BCUT2D eigenvalue weighted by Crippen LogP contribution is 2.43. The Labute approximate surface area is 492 Å². The van der Waals surface area contributed by atoms with E-state index in [4.69, 9.17) is 23.3 Å². The summed E-state index contributed by atoms with van der Waals surface area (Å²) in [5.74, 6) is -1.45. The standard InChI is InChI=1S/C68H127O11P/c1-4-7-10-13-16-19-22-25-28-30-32-34-37-39-42-45-48-51-54-57-66(70)75-61-65(79-68(72)59-56-53-50-47-44-41-38-35-33-31-29-26-23-20-17-14-11-8-5-2)63-77-80(73,74)76-62-64(60-69)78-67(71)58-55-52-49-46-43-40-36-27-24-21-18-15-12-9-6-3/h17,20,26,29,33,35,64-65,69H,4-16,18-19,21-25,27-28,30-32,34,36-63H2,1-3H3,(H,73,74)/b20-17-,29-26-,35-33-. The van der Waals surface area contributed by atoms with Gasteiger partial charge in [0.25, 0.3) is 0 Å². The van der Waals surface area contributed by atoms with Gasteiger partial charge < -0.3 is 24.2 Å². The van der Waals surface area contributed by atoms with E-state index in [1.165, 1.54) is 193 Å². The van der Waals surface area contributed by atoms with Crippen molar-refractivity contribution in [3.05, 3.63) is 36.5 Å². The van der Waals surface area contributed by atoms with E-state index in [9.17, 15) is 28.9 Å². The first-order valence-corrected chi connectivity index (χ1v) is 35.4. The van der Waals surface area contributed by atoms with Gasteiger partial charge in [0.15, 0.2) is 6.10 Å². The van der Waals surface area contributed by atoms with Gasteiger partial charge in [0.05, 0.1) is 19.8 Å². The molecule has 0 spiro atoms. The van der Waals surface area contributed by atoms with E-state index in [0.717, 1.165) is 89.9 Å². The fourth-order valence-corrected chi connectivity index (χ4v) is 10.7. The van der Waals surface area contributed by atoms with Crippen LogP contribution in [0.1, 0.15) is 342 Å². The Morgan fingerprint density at radius 2 is 0.613 bits per heavy atom. The number of phosphoric acid groups is 1. The van der Waals surface area contributed by atoms with Gasteiger partial charge in [0.1, 0.15) is 12.7 Å². The van der Waals surface area contributed by atoms with Crippen LogP contribution in [0.5, 0.6) is 0 Å². The van der Waals surface area contributed by atoms with Crippen LogP contribution >= 0.6 is 7.82 Å². The number of ether oxygens (including phenoxy) is 3. The van der Waals surface area contributed by atoms with Gasteiger partial charge in [0, 0.05) is 19.3 Å². The summed E-state index contributed by atoms with van der Waals surface area (Å²) in [7, 11) is -4.75. The summed E-state index contributed by atoms with van der Waals surface area (Å²) in [5.41, 5.74) is 0. The first-order chi connectivity index (χ1) is 39.2. The summed E-state index contributed by atoms with van der Waals surface area (Å²) in [6, 6.07) is 0. The van der Waals surface area contributed by atoms with Gasteiger partial charge >= 0.3 is 25.7 Å². The van der Waals surface area contributed by atoms with Crippen molar-refractivity contribution in [2.24, 2.45) is 0 Å². The summed E-state index contributed by atoms with van der Waals surface area (Å²) in [6.07, 6.45) is 68.0. The third-order valence-electron chi connectivity index (χ3n) is 15.1. The van der Waals surface area contributed by atoms with E-state index in [2.05, 4.69) is 57.2 Å². The molecule has 470 valence electrons. The number of carbonyl (C=O) groups is 3. The normalized spacial score (nSPS) is 13.4. The second-order valence-electron chi connectivity index (χ2n) is 23.0. The average Bonchev–Trinajstić information content (AvgIpc) is 3.45. The van der Waals surface area contributed by atoms with Crippen LogP contribution in [0.2, 0.25) is 0 Å². The third-order valence-corrected chi connectivity index (χ3v) is 16.0. The maximum absolute atomic E-state index is 13.0. The molecule has 0 saturated carbocycles. The minimum absolute atomic E-state index is 0.158. The minimum atomic E-state index is -4.75. The molecule has 12 heteroatoms. The van der Waals surface area contributed by atoms with Crippen molar-refractivity contribution in [3.8, 4) is 0 Å². The Balaban J connectivity index is 4.67. The molecule has 0 aliphatic carbocycles. The van der Waals surface area contributed by atoms with Crippen LogP contribution in [0, 0.1) is 0 Å². The summed E-state index contributed by atoms with van der Waals surface area (Å²) in [6.45, 7) is 4.69. The molecule has 0 fully saturated rings. The molecule has 3 unspecified atom stereocenters. The van der Waals surface area contributed by atoms with Crippen molar-refractivity contribution in [2.45, 2.75) is 354 Å². The van der Waals surface area contributed by atoms with E-state index in [1.54, 1.807) is 0 Å². The summed E-state index contributed by atoms with van der Waals surface area (Å²) in [4.78, 5) is 48.8. The predicted molar refractivity (Wildman–Crippen MR) is 335 cm³/mol. The molecule has 0 aromatic rings.